The average molecular weight is 413 g/mol. The molecule has 0 aliphatic rings. The van der Waals surface area contributed by atoms with Crippen LogP contribution < -0.4 is 10.6 Å². The van der Waals surface area contributed by atoms with Crippen LogP contribution in [0.5, 0.6) is 0 Å². The van der Waals surface area contributed by atoms with Gasteiger partial charge in [0.2, 0.25) is 0 Å². The van der Waals surface area contributed by atoms with Crippen molar-refractivity contribution in [2.24, 2.45) is 0 Å². The Labute approximate surface area is 171 Å². The third kappa shape index (κ3) is 5.66. The van der Waals surface area contributed by atoms with Crippen LogP contribution in [0.4, 0.5) is 13.2 Å². The Bertz CT molecular complexity index is 949. The fraction of sp³-hybridized carbons (Fsp3) is 0.136. The van der Waals surface area contributed by atoms with E-state index in [4.69, 9.17) is 0 Å². The molecule has 0 atom stereocenters. The van der Waals surface area contributed by atoms with Crippen LogP contribution in [-0.2, 0) is 19.3 Å². The van der Waals surface area contributed by atoms with Crippen molar-refractivity contribution in [3.8, 4) is 0 Å². The zero-order valence-corrected chi connectivity index (χ0v) is 15.7. The third-order valence-electron chi connectivity index (χ3n) is 4.21. The van der Waals surface area contributed by atoms with Gasteiger partial charge in [-0.3, -0.25) is 9.59 Å². The number of hydrogen-bond donors (Lipinski definition) is 2. The van der Waals surface area contributed by atoms with Crippen LogP contribution in [0.2, 0.25) is 0 Å². The lowest BCUT2D eigenvalue weighted by molar-refractivity contribution is -0.137. The molecular formula is C22H18F3N3O2. The Morgan fingerprint density at radius 2 is 1.13 bits per heavy atom. The Balaban J connectivity index is 1.79. The maximum atomic E-state index is 13.3. The van der Waals surface area contributed by atoms with E-state index in [1.165, 1.54) is 0 Å². The minimum absolute atomic E-state index is 0.118. The number of rotatable bonds is 6. The summed E-state index contributed by atoms with van der Waals surface area (Å²) < 4.78 is 39.9. The van der Waals surface area contributed by atoms with Crippen LogP contribution in [0.3, 0.4) is 0 Å². The van der Waals surface area contributed by atoms with Gasteiger partial charge in [0.25, 0.3) is 11.8 Å². The van der Waals surface area contributed by atoms with Crippen molar-refractivity contribution in [1.82, 2.24) is 15.6 Å². The standard InChI is InChI=1S/C22H18F3N3O2/c23-22(24,25)17-11-18(20(29)26-13-15-7-3-1-4-8-15)28-19(12-17)21(30)27-14-16-9-5-2-6-10-16/h1-12H,13-14H2,(H,26,29)(H,27,30). The molecule has 1 aromatic heterocycles. The van der Waals surface area contributed by atoms with Gasteiger partial charge in [0, 0.05) is 13.1 Å². The molecule has 0 fully saturated rings. The fourth-order valence-corrected chi connectivity index (χ4v) is 2.66. The van der Waals surface area contributed by atoms with Gasteiger partial charge in [-0.25, -0.2) is 4.98 Å². The predicted octanol–water partition coefficient (Wildman–Crippen LogP) is 3.96. The first-order chi connectivity index (χ1) is 14.3. The van der Waals surface area contributed by atoms with Crippen molar-refractivity contribution < 1.29 is 22.8 Å². The van der Waals surface area contributed by atoms with Gasteiger partial charge in [0.15, 0.2) is 0 Å². The monoisotopic (exact) mass is 413 g/mol. The molecule has 30 heavy (non-hydrogen) atoms. The molecular weight excluding hydrogens is 395 g/mol. The minimum atomic E-state index is -4.73. The van der Waals surface area contributed by atoms with E-state index < -0.39 is 34.9 Å². The van der Waals surface area contributed by atoms with Crippen molar-refractivity contribution >= 4 is 11.8 Å². The number of halogens is 3. The number of alkyl halides is 3. The van der Waals surface area contributed by atoms with Crippen molar-refractivity contribution in [2.45, 2.75) is 19.3 Å². The summed E-state index contributed by atoms with van der Waals surface area (Å²) in [6, 6.07) is 19.1. The molecule has 0 spiro atoms. The SMILES string of the molecule is O=C(NCc1ccccc1)c1cc(C(F)(F)F)cc(C(=O)NCc2ccccc2)n1. The van der Waals surface area contributed by atoms with Crippen LogP contribution >= 0.6 is 0 Å². The van der Waals surface area contributed by atoms with Gasteiger partial charge in [-0.15, -0.1) is 0 Å². The lowest BCUT2D eigenvalue weighted by Gasteiger charge is -2.12. The average Bonchev–Trinajstić information content (AvgIpc) is 2.76. The molecule has 2 amide bonds. The summed E-state index contributed by atoms with van der Waals surface area (Å²) in [5.74, 6) is -1.61. The number of amides is 2. The van der Waals surface area contributed by atoms with Crippen LogP contribution in [-0.4, -0.2) is 16.8 Å². The molecule has 3 aromatic rings. The van der Waals surface area contributed by atoms with Crippen molar-refractivity contribution in [1.29, 1.82) is 0 Å². The van der Waals surface area contributed by atoms with Crippen molar-refractivity contribution in [2.75, 3.05) is 0 Å². The van der Waals surface area contributed by atoms with Gasteiger partial charge in [0.05, 0.1) is 5.56 Å². The summed E-state index contributed by atoms with van der Waals surface area (Å²) in [4.78, 5) is 28.6. The largest absolute Gasteiger partial charge is 0.416 e. The topological polar surface area (TPSA) is 71.1 Å². The molecule has 8 heteroatoms. The third-order valence-corrected chi connectivity index (χ3v) is 4.21. The normalized spacial score (nSPS) is 11.0. The maximum absolute atomic E-state index is 13.3. The molecule has 0 aliphatic heterocycles. The first kappa shape index (κ1) is 21.0. The summed E-state index contributed by atoms with van der Waals surface area (Å²) in [6.07, 6.45) is -4.73. The highest BCUT2D eigenvalue weighted by Gasteiger charge is 2.33. The van der Waals surface area contributed by atoms with Gasteiger partial charge in [-0.1, -0.05) is 60.7 Å². The summed E-state index contributed by atoms with van der Waals surface area (Å²) in [6.45, 7) is 0.236. The zero-order valence-electron chi connectivity index (χ0n) is 15.7. The Hall–Kier alpha value is -3.68. The highest BCUT2D eigenvalue weighted by Crippen LogP contribution is 2.30. The summed E-state index contributed by atoms with van der Waals surface area (Å²) in [5.41, 5.74) is -0.527. The molecule has 0 saturated heterocycles. The molecule has 3 rings (SSSR count). The van der Waals surface area contributed by atoms with Crippen LogP contribution in [0, 0.1) is 0 Å². The predicted molar refractivity (Wildman–Crippen MR) is 104 cm³/mol. The Morgan fingerprint density at radius 3 is 1.50 bits per heavy atom. The molecule has 2 aromatic carbocycles. The Kier molecular flexibility index (Phi) is 6.46. The number of nitrogens with one attached hydrogen (secondary N) is 2. The molecule has 0 radical (unpaired) electrons. The minimum Gasteiger partial charge on any atom is -0.347 e. The molecule has 5 nitrogen and oxygen atoms in total. The molecule has 0 aliphatic carbocycles. The highest BCUT2D eigenvalue weighted by molar-refractivity contribution is 5.96. The second-order valence-corrected chi connectivity index (χ2v) is 6.46. The highest BCUT2D eigenvalue weighted by atomic mass is 19.4. The molecule has 1 heterocycles. The zero-order chi connectivity index (χ0) is 21.6. The quantitative estimate of drug-likeness (QED) is 0.643. The molecule has 0 bridgehead atoms. The first-order valence-electron chi connectivity index (χ1n) is 9.06. The smallest absolute Gasteiger partial charge is 0.347 e. The van der Waals surface area contributed by atoms with E-state index in [-0.39, 0.29) is 13.1 Å². The molecule has 0 saturated carbocycles. The number of pyridine rings is 1. The number of aromatic nitrogens is 1. The van der Waals surface area contributed by atoms with Crippen molar-refractivity contribution in [3.63, 3.8) is 0 Å². The maximum Gasteiger partial charge on any atom is 0.416 e. The molecule has 2 N–H and O–H groups in total. The first-order valence-corrected chi connectivity index (χ1v) is 9.06. The van der Waals surface area contributed by atoms with E-state index in [0.29, 0.717) is 12.1 Å². The van der Waals surface area contributed by atoms with Crippen LogP contribution in [0.1, 0.15) is 37.7 Å². The van der Waals surface area contributed by atoms with E-state index in [1.807, 2.05) is 0 Å². The second-order valence-electron chi connectivity index (χ2n) is 6.46. The number of carbonyl (C=O) groups excluding carboxylic acids is 2. The lowest BCUT2D eigenvalue weighted by atomic mass is 10.1. The van der Waals surface area contributed by atoms with Gasteiger partial charge < -0.3 is 10.6 Å². The second kappa shape index (κ2) is 9.21. The van der Waals surface area contributed by atoms with Gasteiger partial charge in [-0.2, -0.15) is 13.2 Å². The van der Waals surface area contributed by atoms with Gasteiger partial charge >= 0.3 is 6.18 Å². The van der Waals surface area contributed by atoms with Gasteiger partial charge in [-0.05, 0) is 23.3 Å². The number of nitrogens with zero attached hydrogens (tertiary/aromatic N) is 1. The van der Waals surface area contributed by atoms with E-state index in [1.54, 1.807) is 60.7 Å². The fourth-order valence-electron chi connectivity index (χ4n) is 2.66. The number of benzene rings is 2. The summed E-state index contributed by atoms with van der Waals surface area (Å²) >= 11 is 0. The summed E-state index contributed by atoms with van der Waals surface area (Å²) in [5, 5.41) is 5.03. The molecule has 154 valence electrons. The lowest BCUT2D eigenvalue weighted by Crippen LogP contribution is -2.28. The molecule has 0 unspecified atom stereocenters. The van der Waals surface area contributed by atoms with E-state index in [2.05, 4.69) is 15.6 Å². The van der Waals surface area contributed by atoms with E-state index >= 15 is 0 Å². The van der Waals surface area contributed by atoms with E-state index in [9.17, 15) is 22.8 Å². The number of carbonyl (C=O) groups is 2. The van der Waals surface area contributed by atoms with Crippen LogP contribution in [0.25, 0.3) is 0 Å². The van der Waals surface area contributed by atoms with Crippen LogP contribution in [0.15, 0.2) is 72.8 Å². The number of hydrogen-bond acceptors (Lipinski definition) is 3. The van der Waals surface area contributed by atoms with Crippen molar-refractivity contribution in [3.05, 3.63) is 101 Å². The van der Waals surface area contributed by atoms with E-state index in [0.717, 1.165) is 11.1 Å². The summed E-state index contributed by atoms with van der Waals surface area (Å²) in [7, 11) is 0. The van der Waals surface area contributed by atoms with Gasteiger partial charge in [0.1, 0.15) is 11.4 Å². The Morgan fingerprint density at radius 1 is 0.733 bits per heavy atom.